The summed E-state index contributed by atoms with van der Waals surface area (Å²) in [6.45, 7) is 5.50. The maximum Gasteiger partial charge on any atom is 0.285 e. The Balaban J connectivity index is 1.40. The van der Waals surface area contributed by atoms with E-state index in [-0.39, 0.29) is 16.7 Å². The average molecular weight is 472 g/mol. The first kappa shape index (κ1) is 22.6. The minimum atomic E-state index is -3.77. The van der Waals surface area contributed by atoms with E-state index in [0.29, 0.717) is 54.5 Å². The van der Waals surface area contributed by atoms with Crippen LogP contribution in [0.2, 0.25) is 5.02 Å². The minimum absolute atomic E-state index is 0.0428. The molecule has 6 nitrogen and oxygen atoms in total. The summed E-state index contributed by atoms with van der Waals surface area (Å²) in [4.78, 5) is 14.8. The van der Waals surface area contributed by atoms with Crippen molar-refractivity contribution < 1.29 is 13.2 Å². The number of carbonyl (C=O) groups excluding carboxylic acids is 1. The van der Waals surface area contributed by atoms with E-state index in [1.807, 2.05) is 30.0 Å². The van der Waals surface area contributed by atoms with Crippen molar-refractivity contribution in [1.29, 1.82) is 0 Å². The summed E-state index contributed by atoms with van der Waals surface area (Å²) >= 11 is 5.94. The van der Waals surface area contributed by atoms with Crippen LogP contribution in [0.3, 0.4) is 0 Å². The van der Waals surface area contributed by atoms with E-state index < -0.39 is 10.0 Å². The van der Waals surface area contributed by atoms with Crippen LogP contribution >= 0.6 is 11.6 Å². The van der Waals surface area contributed by atoms with Crippen molar-refractivity contribution in [2.45, 2.75) is 33.2 Å². The molecule has 1 amide bonds. The highest BCUT2D eigenvalue weighted by molar-refractivity contribution is 8.00. The van der Waals surface area contributed by atoms with Crippen molar-refractivity contribution in [3.63, 3.8) is 0 Å². The quantitative estimate of drug-likeness (QED) is 0.726. The maximum atomic E-state index is 12.8. The Kier molecular flexibility index (Phi) is 6.40. The number of nitrogens with one attached hydrogen (secondary N) is 1. The highest BCUT2D eigenvalue weighted by atomic mass is 35.5. The van der Waals surface area contributed by atoms with Gasteiger partial charge in [-0.05, 0) is 49.9 Å². The lowest BCUT2D eigenvalue weighted by Gasteiger charge is -2.32. The van der Waals surface area contributed by atoms with Gasteiger partial charge in [-0.2, -0.15) is 8.42 Å². The van der Waals surface area contributed by atoms with Gasteiger partial charge in [0.2, 0.25) is 5.91 Å². The first-order valence-corrected chi connectivity index (χ1v) is 12.5. The fourth-order valence-electron chi connectivity index (χ4n) is 4.29. The van der Waals surface area contributed by atoms with Gasteiger partial charge >= 0.3 is 0 Å². The van der Waals surface area contributed by atoms with Gasteiger partial charge in [-0.1, -0.05) is 53.6 Å². The molecule has 0 spiro atoms. The Morgan fingerprint density at radius 3 is 2.47 bits per heavy atom. The number of piperidine rings is 1. The van der Waals surface area contributed by atoms with E-state index >= 15 is 0 Å². The van der Waals surface area contributed by atoms with Crippen molar-refractivity contribution in [1.82, 2.24) is 10.2 Å². The number of rotatable bonds is 4. The second kappa shape index (κ2) is 9.08. The molecule has 0 saturated carbocycles. The maximum absolute atomic E-state index is 12.8. The molecule has 0 radical (unpaired) electrons. The van der Waals surface area contributed by atoms with Crippen molar-refractivity contribution in [3.05, 3.63) is 75.8 Å². The summed E-state index contributed by atoms with van der Waals surface area (Å²) in [5.74, 6) is 0.435. The van der Waals surface area contributed by atoms with Gasteiger partial charge in [0, 0.05) is 36.1 Å². The zero-order valence-electron chi connectivity index (χ0n) is 18.1. The monoisotopic (exact) mass is 471 g/mol. The summed E-state index contributed by atoms with van der Waals surface area (Å²) in [6.07, 6.45) is 1.31. The summed E-state index contributed by atoms with van der Waals surface area (Å²) in [6, 6.07) is 14.8. The minimum Gasteiger partial charge on any atom is -0.356 e. The third kappa shape index (κ3) is 4.74. The molecule has 2 heterocycles. The number of amidine groups is 1. The molecule has 32 heavy (non-hydrogen) atoms. The fourth-order valence-corrected chi connectivity index (χ4v) is 5.90. The second-order valence-electron chi connectivity index (χ2n) is 8.32. The molecular formula is C24H26ClN3O3S. The van der Waals surface area contributed by atoms with Crippen LogP contribution < -0.4 is 5.32 Å². The summed E-state index contributed by atoms with van der Waals surface area (Å²) < 4.78 is 29.6. The molecule has 168 valence electrons. The summed E-state index contributed by atoms with van der Waals surface area (Å²) in [7, 11) is -3.77. The van der Waals surface area contributed by atoms with E-state index in [1.165, 1.54) is 5.56 Å². The number of aryl methyl sites for hydroxylation is 1. The zero-order valence-corrected chi connectivity index (χ0v) is 19.7. The Morgan fingerprint density at radius 1 is 1.12 bits per heavy atom. The fraction of sp³-hybridized carbons (Fsp3) is 0.333. The number of likely N-dealkylation sites (tertiary alicyclic amines) is 1. The number of carbonyl (C=O) groups is 1. The lowest BCUT2D eigenvalue weighted by atomic mass is 9.95. The van der Waals surface area contributed by atoms with Crippen LogP contribution in [-0.2, 0) is 21.4 Å². The number of halogens is 1. The molecule has 1 saturated heterocycles. The SMILES string of the molecule is CC1=C(c2ccc(Cl)cc2)S(=O)(=O)N=C1N1CCC(C(=O)NCc2cccc(C)c2)CC1. The Hall–Kier alpha value is -2.64. The molecule has 0 bridgehead atoms. The number of sulfonamides is 1. The van der Waals surface area contributed by atoms with Gasteiger partial charge in [-0.25, -0.2) is 0 Å². The summed E-state index contributed by atoms with van der Waals surface area (Å²) in [5, 5.41) is 3.58. The molecule has 8 heteroatoms. The van der Waals surface area contributed by atoms with Gasteiger partial charge in [-0.15, -0.1) is 4.40 Å². The molecule has 1 fully saturated rings. The molecule has 2 aliphatic rings. The third-order valence-corrected chi connectivity index (χ3v) is 7.68. The molecule has 1 N–H and O–H groups in total. The van der Waals surface area contributed by atoms with Gasteiger partial charge in [-0.3, -0.25) is 4.79 Å². The van der Waals surface area contributed by atoms with E-state index in [4.69, 9.17) is 11.6 Å². The van der Waals surface area contributed by atoms with Gasteiger partial charge in [0.05, 0.1) is 0 Å². The van der Waals surface area contributed by atoms with Crippen LogP contribution in [-0.4, -0.2) is 38.2 Å². The molecular weight excluding hydrogens is 446 g/mol. The molecule has 2 aromatic rings. The third-order valence-electron chi connectivity index (χ3n) is 5.96. The lowest BCUT2D eigenvalue weighted by Crippen LogP contribution is -2.43. The first-order valence-electron chi connectivity index (χ1n) is 10.6. The van der Waals surface area contributed by atoms with Crippen LogP contribution in [0.15, 0.2) is 58.5 Å². The molecule has 2 aromatic carbocycles. The molecule has 2 aliphatic heterocycles. The standard InChI is InChI=1S/C24H26ClN3O3S/c1-16-4-3-5-18(14-16)15-26-24(29)20-10-12-28(13-11-20)23-17(2)22(32(30,31)27-23)19-6-8-21(25)9-7-19/h3-9,14,20H,10-13,15H2,1-2H3,(H,26,29). The van der Waals surface area contributed by atoms with Gasteiger partial charge < -0.3 is 10.2 Å². The van der Waals surface area contributed by atoms with E-state index in [2.05, 4.69) is 15.8 Å². The van der Waals surface area contributed by atoms with Crippen molar-refractivity contribution in [2.75, 3.05) is 13.1 Å². The van der Waals surface area contributed by atoms with Crippen molar-refractivity contribution in [2.24, 2.45) is 10.3 Å². The van der Waals surface area contributed by atoms with Crippen LogP contribution in [0.25, 0.3) is 4.91 Å². The lowest BCUT2D eigenvalue weighted by molar-refractivity contribution is -0.126. The predicted octanol–water partition coefficient (Wildman–Crippen LogP) is 4.15. The summed E-state index contributed by atoms with van der Waals surface area (Å²) in [5.41, 5.74) is 3.46. The first-order chi connectivity index (χ1) is 15.2. The van der Waals surface area contributed by atoms with Gasteiger partial charge in [0.15, 0.2) is 0 Å². The topological polar surface area (TPSA) is 78.8 Å². The number of benzene rings is 2. The van der Waals surface area contributed by atoms with Crippen molar-refractivity contribution in [3.8, 4) is 0 Å². The van der Waals surface area contributed by atoms with Crippen molar-refractivity contribution >= 4 is 38.3 Å². The van der Waals surface area contributed by atoms with Crippen LogP contribution in [0.5, 0.6) is 0 Å². The predicted molar refractivity (Wildman–Crippen MR) is 128 cm³/mol. The number of nitrogens with zero attached hydrogens (tertiary/aromatic N) is 2. The molecule has 4 rings (SSSR count). The van der Waals surface area contributed by atoms with Crippen LogP contribution in [0.1, 0.15) is 36.5 Å². The Labute approximate surface area is 194 Å². The normalized spacial score (nSPS) is 18.6. The van der Waals surface area contributed by atoms with Gasteiger partial charge in [0.1, 0.15) is 10.7 Å². The molecule has 0 unspecified atom stereocenters. The Bertz CT molecular complexity index is 1200. The Morgan fingerprint density at radius 2 is 1.81 bits per heavy atom. The highest BCUT2D eigenvalue weighted by Crippen LogP contribution is 2.35. The second-order valence-corrected chi connectivity index (χ2v) is 10.3. The zero-order chi connectivity index (χ0) is 22.9. The van der Waals surface area contributed by atoms with E-state index in [9.17, 15) is 13.2 Å². The average Bonchev–Trinajstić information content (AvgIpc) is 3.01. The smallest absolute Gasteiger partial charge is 0.285 e. The molecule has 0 aromatic heterocycles. The highest BCUT2D eigenvalue weighted by Gasteiger charge is 2.35. The number of hydrogen-bond acceptors (Lipinski definition) is 4. The van der Waals surface area contributed by atoms with Crippen LogP contribution in [0, 0.1) is 12.8 Å². The van der Waals surface area contributed by atoms with Gasteiger partial charge in [0.25, 0.3) is 10.0 Å². The molecule has 0 atom stereocenters. The van der Waals surface area contributed by atoms with E-state index in [1.54, 1.807) is 31.2 Å². The number of hydrogen-bond donors (Lipinski definition) is 1. The van der Waals surface area contributed by atoms with Crippen LogP contribution in [0.4, 0.5) is 0 Å². The number of amides is 1. The molecule has 0 aliphatic carbocycles. The van der Waals surface area contributed by atoms with E-state index in [0.717, 1.165) is 5.56 Å². The largest absolute Gasteiger partial charge is 0.356 e.